The van der Waals surface area contributed by atoms with Crippen molar-refractivity contribution in [2.24, 2.45) is 23.2 Å². The molecular formula is C20H26N2O5S2. The number of esters is 1. The van der Waals surface area contributed by atoms with Crippen molar-refractivity contribution >= 4 is 46.1 Å². The Labute approximate surface area is 178 Å². The molecule has 7 nitrogen and oxygen atoms in total. The number of hydrogen-bond donors (Lipinski definition) is 2. The molecule has 3 aliphatic rings. The Balaban J connectivity index is 1.52. The molecule has 0 radical (unpaired) electrons. The Morgan fingerprint density at radius 3 is 2.83 bits per heavy atom. The smallest absolute Gasteiger partial charge is 0.313 e. The van der Waals surface area contributed by atoms with Gasteiger partial charge in [0.25, 0.3) is 0 Å². The quantitative estimate of drug-likeness (QED) is 0.680. The average molecular weight is 439 g/mol. The molecule has 9 heteroatoms. The van der Waals surface area contributed by atoms with E-state index in [2.05, 4.69) is 19.2 Å². The van der Waals surface area contributed by atoms with Gasteiger partial charge < -0.3 is 15.2 Å². The molecule has 2 heterocycles. The number of hydrogen-bond acceptors (Lipinski definition) is 7. The summed E-state index contributed by atoms with van der Waals surface area (Å²) < 4.78 is 5.85. The summed E-state index contributed by atoms with van der Waals surface area (Å²) in [5.74, 6) is -0.623. The molecule has 4 rings (SSSR count). The second-order valence-electron chi connectivity index (χ2n) is 8.80. The summed E-state index contributed by atoms with van der Waals surface area (Å²) in [6.07, 6.45) is 2.91. The molecule has 2 aliphatic carbocycles. The molecule has 0 aromatic carbocycles. The molecular weight excluding hydrogens is 412 g/mol. The summed E-state index contributed by atoms with van der Waals surface area (Å²) in [4.78, 5) is 40.8. The van der Waals surface area contributed by atoms with Gasteiger partial charge in [0, 0.05) is 22.6 Å². The zero-order valence-corrected chi connectivity index (χ0v) is 18.4. The molecule has 158 valence electrons. The van der Waals surface area contributed by atoms with Gasteiger partial charge in [-0.1, -0.05) is 20.8 Å². The molecule has 2 N–H and O–H groups in total. The molecule has 1 aliphatic heterocycles. The van der Waals surface area contributed by atoms with E-state index in [0.717, 1.165) is 36.7 Å². The molecule has 1 aromatic heterocycles. The van der Waals surface area contributed by atoms with Crippen LogP contribution in [0.2, 0.25) is 0 Å². The van der Waals surface area contributed by atoms with Crippen molar-refractivity contribution in [3.63, 3.8) is 0 Å². The topological polar surface area (TPSA) is 106 Å². The maximum Gasteiger partial charge on any atom is 0.313 e. The van der Waals surface area contributed by atoms with Gasteiger partial charge in [-0.2, -0.15) is 0 Å². The van der Waals surface area contributed by atoms with Gasteiger partial charge >= 0.3 is 11.9 Å². The number of nitrogens with zero attached hydrogens (tertiary/aromatic N) is 1. The Bertz CT molecular complexity index is 856. The largest absolute Gasteiger partial charge is 0.481 e. The number of carbonyl (C=O) groups is 3. The first-order valence-electron chi connectivity index (χ1n) is 9.99. The normalized spacial score (nSPS) is 35.3. The van der Waals surface area contributed by atoms with Crippen molar-refractivity contribution in [2.45, 2.75) is 52.1 Å². The lowest BCUT2D eigenvalue weighted by atomic mass is 9.54. The zero-order valence-electron chi connectivity index (χ0n) is 16.8. The number of carboxylic acids is 1. The number of nitrogens with one attached hydrogen (secondary N) is 1. The van der Waals surface area contributed by atoms with E-state index in [-0.39, 0.29) is 58.6 Å². The fraction of sp³-hybridized carbons (Fsp3) is 0.700. The Morgan fingerprint density at radius 1 is 1.34 bits per heavy atom. The minimum atomic E-state index is -0.933. The molecule has 0 spiro atoms. The zero-order chi connectivity index (χ0) is 20.9. The van der Waals surface area contributed by atoms with Crippen LogP contribution >= 0.6 is 23.1 Å². The monoisotopic (exact) mass is 438 g/mol. The number of aromatic nitrogens is 1. The number of thioether (sulfide) groups is 1. The van der Waals surface area contributed by atoms with Crippen LogP contribution in [0.25, 0.3) is 0 Å². The molecule has 29 heavy (non-hydrogen) atoms. The molecule has 1 saturated heterocycles. The van der Waals surface area contributed by atoms with E-state index in [1.807, 2.05) is 6.92 Å². The summed E-state index contributed by atoms with van der Waals surface area (Å²) >= 11 is 2.58. The number of amides is 1. The average Bonchev–Trinajstić information content (AvgIpc) is 3.14. The van der Waals surface area contributed by atoms with E-state index in [4.69, 9.17) is 14.8 Å². The van der Waals surface area contributed by atoms with E-state index < -0.39 is 5.97 Å². The first kappa shape index (κ1) is 20.7. The van der Waals surface area contributed by atoms with Gasteiger partial charge in [-0.25, -0.2) is 4.98 Å². The number of carboxylic acid groups (broad SMARTS) is 1. The number of aliphatic carboxylic acids is 1. The van der Waals surface area contributed by atoms with Crippen molar-refractivity contribution in [3.8, 4) is 0 Å². The molecule has 0 bridgehead atoms. The lowest BCUT2D eigenvalue weighted by Gasteiger charge is -2.51. The number of ether oxygens (including phenoxy) is 1. The van der Waals surface area contributed by atoms with Crippen LogP contribution in [0.4, 0.5) is 5.13 Å². The van der Waals surface area contributed by atoms with E-state index in [1.165, 1.54) is 16.2 Å². The summed E-state index contributed by atoms with van der Waals surface area (Å²) in [6, 6.07) is 0. The fourth-order valence-electron chi connectivity index (χ4n) is 5.52. The van der Waals surface area contributed by atoms with E-state index in [0.29, 0.717) is 5.13 Å². The van der Waals surface area contributed by atoms with Crippen LogP contribution in [-0.2, 0) is 25.5 Å². The fourth-order valence-corrected chi connectivity index (χ4v) is 7.33. The van der Waals surface area contributed by atoms with Crippen molar-refractivity contribution in [1.29, 1.82) is 0 Å². The standard InChI is InChI=1S/C20H26N2O5S2/c1-9-11-4-5-20(3)6-12-16(10(2)15(20)17(11)27-18(9)26)22-19(29-12)21-13(23)7-28-8-14(24)25/h9-11,15,17H,4-8H2,1-3H3,(H,24,25)(H,21,22,23). The third kappa shape index (κ3) is 3.67. The maximum atomic E-state index is 12.2. The van der Waals surface area contributed by atoms with Crippen LogP contribution in [-0.4, -0.2) is 45.5 Å². The van der Waals surface area contributed by atoms with Gasteiger partial charge in [0.2, 0.25) is 5.91 Å². The highest BCUT2D eigenvalue weighted by Crippen LogP contribution is 2.59. The number of carbonyl (C=O) groups excluding carboxylic acids is 2. The molecule has 6 unspecified atom stereocenters. The lowest BCUT2D eigenvalue weighted by Crippen LogP contribution is -2.50. The van der Waals surface area contributed by atoms with Crippen LogP contribution in [0.3, 0.4) is 0 Å². The van der Waals surface area contributed by atoms with Crippen LogP contribution < -0.4 is 5.32 Å². The second-order valence-corrected chi connectivity index (χ2v) is 10.9. The number of fused-ring (bicyclic) bond motifs is 4. The SMILES string of the molecule is CC1C(=O)OC2C1CCC1(C)Cc3sc(NC(=O)CSCC(=O)O)nc3C(C)C21. The Hall–Kier alpha value is -1.61. The highest BCUT2D eigenvalue weighted by Gasteiger charge is 2.58. The predicted molar refractivity (Wildman–Crippen MR) is 111 cm³/mol. The number of thiazole rings is 1. The molecule has 2 fully saturated rings. The summed E-state index contributed by atoms with van der Waals surface area (Å²) in [6.45, 7) is 6.44. The highest BCUT2D eigenvalue weighted by molar-refractivity contribution is 8.00. The van der Waals surface area contributed by atoms with Gasteiger partial charge in [0.1, 0.15) is 6.10 Å². The van der Waals surface area contributed by atoms with Crippen molar-refractivity contribution in [3.05, 3.63) is 10.6 Å². The van der Waals surface area contributed by atoms with Crippen molar-refractivity contribution in [1.82, 2.24) is 4.98 Å². The van der Waals surface area contributed by atoms with Crippen molar-refractivity contribution < 1.29 is 24.2 Å². The molecule has 1 saturated carbocycles. The van der Waals surface area contributed by atoms with Crippen LogP contribution in [0.5, 0.6) is 0 Å². The number of anilines is 1. The first-order valence-corrected chi connectivity index (χ1v) is 12.0. The first-order chi connectivity index (χ1) is 13.7. The summed E-state index contributed by atoms with van der Waals surface area (Å²) in [7, 11) is 0. The van der Waals surface area contributed by atoms with E-state index in [1.54, 1.807) is 0 Å². The second kappa shape index (κ2) is 7.58. The third-order valence-corrected chi connectivity index (χ3v) is 8.77. The molecule has 1 aromatic rings. The highest BCUT2D eigenvalue weighted by atomic mass is 32.2. The maximum absolute atomic E-state index is 12.2. The summed E-state index contributed by atoms with van der Waals surface area (Å²) in [5.41, 5.74) is 1.06. The Morgan fingerprint density at radius 2 is 2.10 bits per heavy atom. The van der Waals surface area contributed by atoms with Gasteiger partial charge in [-0.15, -0.1) is 23.1 Å². The van der Waals surface area contributed by atoms with Gasteiger partial charge in [0.05, 0.1) is 23.1 Å². The summed E-state index contributed by atoms with van der Waals surface area (Å²) in [5, 5.41) is 12.1. The minimum Gasteiger partial charge on any atom is -0.481 e. The van der Waals surface area contributed by atoms with Gasteiger partial charge in [-0.3, -0.25) is 14.4 Å². The van der Waals surface area contributed by atoms with Gasteiger partial charge in [0.15, 0.2) is 5.13 Å². The van der Waals surface area contributed by atoms with E-state index in [9.17, 15) is 14.4 Å². The van der Waals surface area contributed by atoms with Crippen LogP contribution in [0, 0.1) is 23.2 Å². The predicted octanol–water partition coefficient (Wildman–Crippen LogP) is 3.15. The van der Waals surface area contributed by atoms with Gasteiger partial charge in [-0.05, 0) is 24.7 Å². The minimum absolute atomic E-state index is 0.0354. The third-order valence-electron chi connectivity index (χ3n) is 6.86. The van der Waals surface area contributed by atoms with E-state index >= 15 is 0 Å². The number of rotatable bonds is 5. The molecule has 6 atom stereocenters. The van der Waals surface area contributed by atoms with Crippen LogP contribution in [0.15, 0.2) is 0 Å². The van der Waals surface area contributed by atoms with Crippen molar-refractivity contribution in [2.75, 3.05) is 16.8 Å². The lowest BCUT2D eigenvalue weighted by molar-refractivity contribution is -0.149. The Kier molecular flexibility index (Phi) is 5.40. The molecule has 1 amide bonds. The van der Waals surface area contributed by atoms with Crippen LogP contribution in [0.1, 0.15) is 50.1 Å².